The SMILES string of the molecule is COC[C@H](C#N)C1CCCCC1. The first-order valence-electron chi connectivity index (χ1n) is 4.77. The molecule has 0 aromatic heterocycles. The van der Waals surface area contributed by atoms with Gasteiger partial charge in [0.1, 0.15) is 0 Å². The summed E-state index contributed by atoms with van der Waals surface area (Å²) in [4.78, 5) is 0. The second-order valence-electron chi connectivity index (χ2n) is 3.59. The van der Waals surface area contributed by atoms with Crippen molar-refractivity contribution < 1.29 is 4.74 Å². The van der Waals surface area contributed by atoms with Gasteiger partial charge in [0, 0.05) is 7.11 Å². The zero-order valence-corrected chi connectivity index (χ0v) is 7.75. The van der Waals surface area contributed by atoms with Crippen LogP contribution in [0.15, 0.2) is 0 Å². The maximum absolute atomic E-state index is 8.88. The Morgan fingerprint density at radius 1 is 1.42 bits per heavy atom. The summed E-state index contributed by atoms with van der Waals surface area (Å²) in [7, 11) is 1.67. The molecule has 1 aliphatic carbocycles. The Bertz CT molecular complexity index is 156. The van der Waals surface area contributed by atoms with E-state index in [0.29, 0.717) is 12.5 Å². The largest absolute Gasteiger partial charge is 0.383 e. The summed E-state index contributed by atoms with van der Waals surface area (Å²) in [6.07, 6.45) is 6.39. The summed E-state index contributed by atoms with van der Waals surface area (Å²) in [6, 6.07) is 2.35. The molecular formula is C10H17NO. The van der Waals surface area contributed by atoms with Crippen LogP contribution in [0.4, 0.5) is 0 Å². The van der Waals surface area contributed by atoms with Crippen LogP contribution in [-0.4, -0.2) is 13.7 Å². The highest BCUT2D eigenvalue weighted by atomic mass is 16.5. The normalized spacial score (nSPS) is 21.7. The third-order valence-corrected chi connectivity index (χ3v) is 2.73. The summed E-state index contributed by atoms with van der Waals surface area (Å²) < 4.78 is 5.03. The van der Waals surface area contributed by atoms with Crippen LogP contribution < -0.4 is 0 Å². The number of hydrogen-bond acceptors (Lipinski definition) is 2. The molecule has 0 saturated heterocycles. The zero-order chi connectivity index (χ0) is 8.81. The molecule has 1 saturated carbocycles. The summed E-state index contributed by atoms with van der Waals surface area (Å²) in [5.41, 5.74) is 0. The molecule has 12 heavy (non-hydrogen) atoms. The zero-order valence-electron chi connectivity index (χ0n) is 7.75. The average Bonchev–Trinajstić information content (AvgIpc) is 2.15. The lowest BCUT2D eigenvalue weighted by atomic mass is 9.81. The molecule has 0 aromatic carbocycles. The second-order valence-corrected chi connectivity index (χ2v) is 3.59. The van der Waals surface area contributed by atoms with Crippen molar-refractivity contribution in [3.63, 3.8) is 0 Å². The van der Waals surface area contributed by atoms with Crippen LogP contribution in [0.5, 0.6) is 0 Å². The number of rotatable bonds is 3. The maximum atomic E-state index is 8.88. The van der Waals surface area contributed by atoms with Gasteiger partial charge in [-0.25, -0.2) is 0 Å². The predicted octanol–water partition coefficient (Wildman–Crippen LogP) is 2.35. The molecule has 0 N–H and O–H groups in total. The van der Waals surface area contributed by atoms with Gasteiger partial charge in [0.15, 0.2) is 0 Å². The fourth-order valence-electron chi connectivity index (χ4n) is 1.99. The molecule has 1 rings (SSSR count). The Hall–Kier alpha value is -0.550. The number of methoxy groups -OCH3 is 1. The highest BCUT2D eigenvalue weighted by Gasteiger charge is 2.22. The van der Waals surface area contributed by atoms with Crippen molar-refractivity contribution in [1.82, 2.24) is 0 Å². The topological polar surface area (TPSA) is 33.0 Å². The monoisotopic (exact) mass is 167 g/mol. The Morgan fingerprint density at radius 3 is 2.58 bits per heavy atom. The Labute approximate surface area is 74.5 Å². The molecule has 2 nitrogen and oxygen atoms in total. The van der Waals surface area contributed by atoms with E-state index in [0.717, 1.165) is 0 Å². The number of nitriles is 1. The van der Waals surface area contributed by atoms with Crippen molar-refractivity contribution in [3.05, 3.63) is 0 Å². The molecule has 0 unspecified atom stereocenters. The standard InChI is InChI=1S/C10H17NO/c1-12-8-10(7-11)9-5-3-2-4-6-9/h9-10H,2-6,8H2,1H3/t10-/m0/s1. The minimum absolute atomic E-state index is 0.135. The highest BCUT2D eigenvalue weighted by Crippen LogP contribution is 2.29. The van der Waals surface area contributed by atoms with Gasteiger partial charge in [-0.1, -0.05) is 19.3 Å². The molecule has 1 aliphatic rings. The fourth-order valence-corrected chi connectivity index (χ4v) is 1.99. The highest BCUT2D eigenvalue weighted by molar-refractivity contribution is 4.89. The molecule has 1 fully saturated rings. The lowest BCUT2D eigenvalue weighted by Crippen LogP contribution is -2.20. The molecule has 2 heteroatoms. The quantitative estimate of drug-likeness (QED) is 0.646. The van der Waals surface area contributed by atoms with E-state index in [2.05, 4.69) is 6.07 Å². The maximum Gasteiger partial charge on any atom is 0.0725 e. The van der Waals surface area contributed by atoms with Crippen LogP contribution in [0.1, 0.15) is 32.1 Å². The van der Waals surface area contributed by atoms with E-state index in [1.165, 1.54) is 32.1 Å². The van der Waals surface area contributed by atoms with E-state index in [1.54, 1.807) is 7.11 Å². The van der Waals surface area contributed by atoms with Crippen molar-refractivity contribution in [2.75, 3.05) is 13.7 Å². The fraction of sp³-hybridized carbons (Fsp3) is 0.900. The minimum atomic E-state index is 0.135. The van der Waals surface area contributed by atoms with Gasteiger partial charge in [-0.05, 0) is 18.8 Å². The third-order valence-electron chi connectivity index (χ3n) is 2.73. The van der Waals surface area contributed by atoms with Crippen LogP contribution >= 0.6 is 0 Å². The molecule has 0 aromatic rings. The molecular weight excluding hydrogens is 150 g/mol. The van der Waals surface area contributed by atoms with Crippen molar-refractivity contribution in [2.45, 2.75) is 32.1 Å². The number of nitrogens with zero attached hydrogens (tertiary/aromatic N) is 1. The van der Waals surface area contributed by atoms with Gasteiger partial charge in [-0.15, -0.1) is 0 Å². The van der Waals surface area contributed by atoms with Crippen LogP contribution in [0.3, 0.4) is 0 Å². The number of ether oxygens (including phenoxy) is 1. The molecule has 0 aliphatic heterocycles. The van der Waals surface area contributed by atoms with Crippen LogP contribution in [-0.2, 0) is 4.74 Å². The second kappa shape index (κ2) is 5.16. The number of hydrogen-bond donors (Lipinski definition) is 0. The van der Waals surface area contributed by atoms with Gasteiger partial charge in [-0.3, -0.25) is 0 Å². The van der Waals surface area contributed by atoms with Crippen LogP contribution in [0.2, 0.25) is 0 Å². The Kier molecular flexibility index (Phi) is 4.10. The predicted molar refractivity (Wildman–Crippen MR) is 47.6 cm³/mol. The smallest absolute Gasteiger partial charge is 0.0725 e. The summed E-state index contributed by atoms with van der Waals surface area (Å²) >= 11 is 0. The molecule has 68 valence electrons. The third kappa shape index (κ3) is 2.49. The van der Waals surface area contributed by atoms with Crippen molar-refractivity contribution in [1.29, 1.82) is 5.26 Å². The molecule has 0 spiro atoms. The van der Waals surface area contributed by atoms with Crippen LogP contribution in [0, 0.1) is 23.2 Å². The van der Waals surface area contributed by atoms with Gasteiger partial charge >= 0.3 is 0 Å². The first kappa shape index (κ1) is 9.54. The first-order chi connectivity index (χ1) is 5.88. The Balaban J connectivity index is 2.36. The lowest BCUT2D eigenvalue weighted by molar-refractivity contribution is 0.132. The van der Waals surface area contributed by atoms with Gasteiger partial charge in [0.25, 0.3) is 0 Å². The van der Waals surface area contributed by atoms with E-state index in [-0.39, 0.29) is 5.92 Å². The molecule has 0 amide bonds. The van der Waals surface area contributed by atoms with Gasteiger partial charge < -0.3 is 4.74 Å². The van der Waals surface area contributed by atoms with E-state index in [4.69, 9.17) is 10.00 Å². The van der Waals surface area contributed by atoms with Gasteiger partial charge in [0.05, 0.1) is 18.6 Å². The summed E-state index contributed by atoms with van der Waals surface area (Å²) in [6.45, 7) is 0.612. The van der Waals surface area contributed by atoms with Crippen molar-refractivity contribution >= 4 is 0 Å². The van der Waals surface area contributed by atoms with E-state index >= 15 is 0 Å². The molecule has 0 radical (unpaired) electrons. The van der Waals surface area contributed by atoms with Crippen molar-refractivity contribution in [2.24, 2.45) is 11.8 Å². The first-order valence-corrected chi connectivity index (χ1v) is 4.77. The van der Waals surface area contributed by atoms with E-state index in [1.807, 2.05) is 0 Å². The van der Waals surface area contributed by atoms with Gasteiger partial charge in [-0.2, -0.15) is 5.26 Å². The van der Waals surface area contributed by atoms with E-state index < -0.39 is 0 Å². The summed E-state index contributed by atoms with van der Waals surface area (Å²) in [5, 5.41) is 8.88. The molecule has 1 atom stereocenters. The average molecular weight is 167 g/mol. The van der Waals surface area contributed by atoms with E-state index in [9.17, 15) is 0 Å². The summed E-state index contributed by atoms with van der Waals surface area (Å²) in [5.74, 6) is 0.735. The Morgan fingerprint density at radius 2 is 2.08 bits per heavy atom. The minimum Gasteiger partial charge on any atom is -0.383 e. The van der Waals surface area contributed by atoms with Crippen molar-refractivity contribution in [3.8, 4) is 6.07 Å². The lowest BCUT2D eigenvalue weighted by Gasteiger charge is -2.25. The molecule has 0 heterocycles. The molecule has 0 bridgehead atoms. The van der Waals surface area contributed by atoms with Gasteiger partial charge in [0.2, 0.25) is 0 Å². The van der Waals surface area contributed by atoms with Crippen LogP contribution in [0.25, 0.3) is 0 Å².